The fraction of sp³-hybridized carbons (Fsp3) is 0.833. The first-order valence-corrected chi connectivity index (χ1v) is 3.42. The second kappa shape index (κ2) is 5.06. The number of hydrogen-bond donors (Lipinski definition) is 4. The molecule has 11 heavy (non-hydrogen) atoms. The summed E-state index contributed by atoms with van der Waals surface area (Å²) in [6, 6.07) is -0.616. The Morgan fingerprint density at radius 1 is 1.55 bits per heavy atom. The van der Waals surface area contributed by atoms with E-state index >= 15 is 0 Å². The summed E-state index contributed by atoms with van der Waals surface area (Å²) in [4.78, 5) is 10.5. The van der Waals surface area contributed by atoms with Crippen LogP contribution in [0.3, 0.4) is 0 Å². The third kappa shape index (κ3) is 3.92. The van der Waals surface area contributed by atoms with E-state index in [-0.39, 0.29) is 12.6 Å². The second-order valence-corrected chi connectivity index (χ2v) is 2.60. The molecule has 0 fully saturated rings. The molecule has 0 amide bonds. The molecule has 0 bridgehead atoms. The fourth-order valence-electron chi connectivity index (χ4n) is 0.764. The summed E-state index contributed by atoms with van der Waals surface area (Å²) in [7, 11) is 0. The number of hydroxylamine groups is 1. The summed E-state index contributed by atoms with van der Waals surface area (Å²) in [6.45, 7) is 3.67. The van der Waals surface area contributed by atoms with Gasteiger partial charge in [-0.2, -0.15) is 5.48 Å². The molecule has 0 spiro atoms. The Bertz CT molecular complexity index is 127. The number of hydrogen-bond acceptors (Lipinski definition) is 4. The Balaban J connectivity index is 3.80. The van der Waals surface area contributed by atoms with Gasteiger partial charge < -0.3 is 10.3 Å². The average molecular weight is 162 g/mol. The van der Waals surface area contributed by atoms with Crippen LogP contribution in [0.1, 0.15) is 13.8 Å². The van der Waals surface area contributed by atoms with Crippen molar-refractivity contribution < 1.29 is 15.1 Å². The van der Waals surface area contributed by atoms with Crippen LogP contribution in [0.25, 0.3) is 0 Å². The van der Waals surface area contributed by atoms with E-state index in [0.29, 0.717) is 0 Å². The van der Waals surface area contributed by atoms with E-state index < -0.39 is 12.0 Å². The van der Waals surface area contributed by atoms with Crippen LogP contribution in [0.15, 0.2) is 0 Å². The van der Waals surface area contributed by atoms with Gasteiger partial charge in [0.15, 0.2) is 0 Å². The highest BCUT2D eigenvalue weighted by atomic mass is 16.5. The van der Waals surface area contributed by atoms with Crippen LogP contribution in [0.2, 0.25) is 0 Å². The van der Waals surface area contributed by atoms with Crippen molar-refractivity contribution in [2.45, 2.75) is 19.9 Å². The molecular weight excluding hydrogens is 148 g/mol. The Morgan fingerprint density at radius 3 is 2.36 bits per heavy atom. The van der Waals surface area contributed by atoms with E-state index in [9.17, 15) is 4.79 Å². The van der Waals surface area contributed by atoms with E-state index in [1.54, 1.807) is 13.8 Å². The average Bonchev–Trinajstić information content (AvgIpc) is 1.87. The van der Waals surface area contributed by atoms with E-state index in [2.05, 4.69) is 5.32 Å². The Morgan fingerprint density at radius 2 is 2.09 bits per heavy atom. The molecule has 0 saturated carbocycles. The van der Waals surface area contributed by atoms with Crippen LogP contribution >= 0.6 is 0 Å². The Labute approximate surface area is 65.4 Å². The van der Waals surface area contributed by atoms with Crippen molar-refractivity contribution >= 4 is 5.97 Å². The number of aliphatic carboxylic acids is 1. The normalized spacial score (nSPS) is 13.5. The van der Waals surface area contributed by atoms with Crippen LogP contribution in [-0.4, -0.2) is 29.0 Å². The molecule has 0 aliphatic heterocycles. The molecule has 5 heteroatoms. The maximum Gasteiger partial charge on any atom is 0.321 e. The number of carbonyl (C=O) groups is 1. The zero-order valence-corrected chi connectivity index (χ0v) is 6.66. The van der Waals surface area contributed by atoms with Gasteiger partial charge in [0.1, 0.15) is 6.04 Å². The minimum Gasteiger partial charge on any atom is -0.480 e. The molecule has 0 saturated heterocycles. The maximum absolute atomic E-state index is 10.5. The van der Waals surface area contributed by atoms with Gasteiger partial charge in [-0.15, -0.1) is 0 Å². The van der Waals surface area contributed by atoms with Crippen molar-refractivity contribution in [3.05, 3.63) is 0 Å². The smallest absolute Gasteiger partial charge is 0.321 e. The Hall–Kier alpha value is -0.650. The molecule has 66 valence electrons. The molecule has 0 unspecified atom stereocenters. The lowest BCUT2D eigenvalue weighted by molar-refractivity contribution is -0.140. The van der Waals surface area contributed by atoms with Gasteiger partial charge in [-0.05, 0) is 5.92 Å². The quantitative estimate of drug-likeness (QED) is 0.327. The summed E-state index contributed by atoms with van der Waals surface area (Å²) in [5.41, 5.74) is 1.83. The zero-order chi connectivity index (χ0) is 8.85. The Kier molecular flexibility index (Phi) is 4.76. The van der Waals surface area contributed by atoms with Gasteiger partial charge in [0.05, 0.1) is 6.67 Å². The van der Waals surface area contributed by atoms with E-state index in [4.69, 9.17) is 10.3 Å². The molecule has 0 radical (unpaired) electrons. The van der Waals surface area contributed by atoms with E-state index in [0.717, 1.165) is 0 Å². The first-order valence-electron chi connectivity index (χ1n) is 3.42. The first-order chi connectivity index (χ1) is 5.09. The molecular formula is C6H14N2O3. The standard InChI is InChI=1S/C6H14N2O3/c1-4(2)5(6(9)10)7-3-8-11/h4-5,7-8,11H,3H2,1-2H3,(H,9,10)/t5-/m1/s1. The summed E-state index contributed by atoms with van der Waals surface area (Å²) in [6.07, 6.45) is 0. The molecule has 5 nitrogen and oxygen atoms in total. The molecule has 0 aliphatic rings. The largest absolute Gasteiger partial charge is 0.480 e. The predicted octanol–water partition coefficient (Wildman–Crippen LogP) is -0.378. The van der Waals surface area contributed by atoms with Gasteiger partial charge in [0, 0.05) is 0 Å². The number of nitrogens with one attached hydrogen (secondary N) is 2. The molecule has 0 aromatic carbocycles. The van der Waals surface area contributed by atoms with E-state index in [1.807, 2.05) is 5.48 Å². The number of carboxylic acid groups (broad SMARTS) is 1. The lowest BCUT2D eigenvalue weighted by Gasteiger charge is -2.16. The number of carboxylic acids is 1. The van der Waals surface area contributed by atoms with Crippen molar-refractivity contribution in [2.24, 2.45) is 5.92 Å². The number of rotatable bonds is 5. The molecule has 4 N–H and O–H groups in total. The van der Waals surface area contributed by atoms with Crippen LogP contribution in [0.4, 0.5) is 0 Å². The maximum atomic E-state index is 10.5. The lowest BCUT2D eigenvalue weighted by Crippen LogP contribution is -2.44. The van der Waals surface area contributed by atoms with Crippen molar-refractivity contribution in [1.82, 2.24) is 10.8 Å². The molecule has 0 aliphatic carbocycles. The predicted molar refractivity (Wildman–Crippen MR) is 39.2 cm³/mol. The highest BCUT2D eigenvalue weighted by Gasteiger charge is 2.19. The summed E-state index contributed by atoms with van der Waals surface area (Å²) < 4.78 is 0. The van der Waals surface area contributed by atoms with Gasteiger partial charge in [0.25, 0.3) is 0 Å². The molecule has 0 rings (SSSR count). The SMILES string of the molecule is CC(C)[C@@H](NCNO)C(=O)O. The van der Waals surface area contributed by atoms with Gasteiger partial charge in [-0.1, -0.05) is 13.8 Å². The van der Waals surface area contributed by atoms with Gasteiger partial charge >= 0.3 is 5.97 Å². The van der Waals surface area contributed by atoms with Gasteiger partial charge in [-0.3, -0.25) is 10.1 Å². The third-order valence-electron chi connectivity index (χ3n) is 1.33. The summed E-state index contributed by atoms with van der Waals surface area (Å²) in [5.74, 6) is -0.906. The molecule has 1 atom stereocenters. The summed E-state index contributed by atoms with van der Waals surface area (Å²) >= 11 is 0. The molecule has 0 heterocycles. The molecule has 0 aromatic heterocycles. The highest BCUT2D eigenvalue weighted by Crippen LogP contribution is 2.00. The monoisotopic (exact) mass is 162 g/mol. The highest BCUT2D eigenvalue weighted by molar-refractivity contribution is 5.73. The molecule has 0 aromatic rings. The zero-order valence-electron chi connectivity index (χ0n) is 6.66. The van der Waals surface area contributed by atoms with Crippen molar-refractivity contribution in [2.75, 3.05) is 6.67 Å². The van der Waals surface area contributed by atoms with Crippen LogP contribution < -0.4 is 10.8 Å². The van der Waals surface area contributed by atoms with Crippen LogP contribution in [-0.2, 0) is 4.79 Å². The minimum absolute atomic E-state index is 0.000787. The van der Waals surface area contributed by atoms with Gasteiger partial charge in [0.2, 0.25) is 0 Å². The van der Waals surface area contributed by atoms with Crippen molar-refractivity contribution in [1.29, 1.82) is 0 Å². The topological polar surface area (TPSA) is 81.6 Å². The summed E-state index contributed by atoms with van der Waals surface area (Å²) in [5, 5.41) is 19.4. The van der Waals surface area contributed by atoms with Crippen LogP contribution in [0, 0.1) is 5.92 Å². The third-order valence-corrected chi connectivity index (χ3v) is 1.33. The van der Waals surface area contributed by atoms with Crippen molar-refractivity contribution in [3.63, 3.8) is 0 Å². The van der Waals surface area contributed by atoms with Crippen molar-refractivity contribution in [3.8, 4) is 0 Å². The fourth-order valence-corrected chi connectivity index (χ4v) is 0.764. The minimum atomic E-state index is -0.907. The van der Waals surface area contributed by atoms with Crippen LogP contribution in [0.5, 0.6) is 0 Å². The second-order valence-electron chi connectivity index (χ2n) is 2.60. The van der Waals surface area contributed by atoms with E-state index in [1.165, 1.54) is 0 Å². The van der Waals surface area contributed by atoms with Gasteiger partial charge in [-0.25, -0.2) is 0 Å². The lowest BCUT2D eigenvalue weighted by atomic mass is 10.1. The first kappa shape index (κ1) is 10.3.